The Hall–Kier alpha value is -2.55. The van der Waals surface area contributed by atoms with Crippen molar-refractivity contribution in [1.82, 2.24) is 16.0 Å². The van der Waals surface area contributed by atoms with Gasteiger partial charge >= 0.3 is 0 Å². The zero-order valence-corrected chi connectivity index (χ0v) is 20.6. The molecule has 186 valence electrons. The molecule has 1 aliphatic heterocycles. The standard InChI is InChI=1S/C25H26Cl2FN3O4/c1-29-19-8-22(35-21-5-2-14(26)6-16(19)21)24(33)31-25-9-13(10-25)20(11-25)30-23(32)12-34-15-3-4-17(27)18(28)7-15/h2-7,13,19-20,22,29H,8-12H2,1H3,(H,30,32)(H,31,33). The molecule has 3 saturated carbocycles. The molecular formula is C25H26Cl2FN3O4. The molecule has 2 aromatic rings. The molecule has 7 nitrogen and oxygen atoms in total. The molecule has 2 aromatic carbocycles. The van der Waals surface area contributed by atoms with Gasteiger partial charge in [-0.3, -0.25) is 9.59 Å². The summed E-state index contributed by atoms with van der Waals surface area (Å²) in [6, 6.07) is 9.35. The van der Waals surface area contributed by atoms with Crippen LogP contribution in [0.2, 0.25) is 10.0 Å². The number of ether oxygens (including phenoxy) is 2. The molecule has 2 amide bonds. The lowest BCUT2D eigenvalue weighted by molar-refractivity contribution is -0.132. The van der Waals surface area contributed by atoms with Crippen molar-refractivity contribution in [2.75, 3.05) is 13.7 Å². The van der Waals surface area contributed by atoms with Crippen LogP contribution in [0.1, 0.15) is 37.3 Å². The molecular weight excluding hydrogens is 496 g/mol. The lowest BCUT2D eigenvalue weighted by Crippen LogP contribution is -2.56. The van der Waals surface area contributed by atoms with Gasteiger partial charge in [-0.05, 0) is 62.6 Å². The van der Waals surface area contributed by atoms with Gasteiger partial charge in [0.15, 0.2) is 12.7 Å². The van der Waals surface area contributed by atoms with E-state index in [1.165, 1.54) is 12.1 Å². The van der Waals surface area contributed by atoms with Crippen LogP contribution in [-0.4, -0.2) is 43.2 Å². The van der Waals surface area contributed by atoms with Crippen molar-refractivity contribution < 1.29 is 23.5 Å². The first-order valence-electron chi connectivity index (χ1n) is 11.6. The number of nitrogens with one attached hydrogen (secondary N) is 3. The van der Waals surface area contributed by atoms with E-state index in [0.29, 0.717) is 29.5 Å². The van der Waals surface area contributed by atoms with Crippen LogP contribution in [0.4, 0.5) is 4.39 Å². The van der Waals surface area contributed by atoms with Crippen molar-refractivity contribution in [1.29, 1.82) is 0 Å². The quantitative estimate of drug-likeness (QED) is 0.516. The normalized spacial score (nSPS) is 28.3. The Morgan fingerprint density at radius 2 is 1.97 bits per heavy atom. The zero-order valence-electron chi connectivity index (χ0n) is 19.1. The zero-order chi connectivity index (χ0) is 24.7. The van der Waals surface area contributed by atoms with E-state index in [1.807, 2.05) is 13.1 Å². The van der Waals surface area contributed by atoms with Crippen LogP contribution < -0.4 is 25.4 Å². The fourth-order valence-electron chi connectivity index (χ4n) is 5.49. The van der Waals surface area contributed by atoms with Gasteiger partial charge in [0.1, 0.15) is 17.3 Å². The fraction of sp³-hybridized carbons (Fsp3) is 0.440. The summed E-state index contributed by atoms with van der Waals surface area (Å²) in [7, 11) is 1.85. The van der Waals surface area contributed by atoms with Crippen LogP contribution in [-0.2, 0) is 9.59 Å². The third-order valence-electron chi connectivity index (χ3n) is 7.19. The van der Waals surface area contributed by atoms with Gasteiger partial charge in [-0.2, -0.15) is 0 Å². The third-order valence-corrected chi connectivity index (χ3v) is 7.73. The van der Waals surface area contributed by atoms with E-state index in [0.717, 1.165) is 24.5 Å². The first-order valence-corrected chi connectivity index (χ1v) is 12.3. The largest absolute Gasteiger partial charge is 0.484 e. The predicted molar refractivity (Wildman–Crippen MR) is 129 cm³/mol. The highest BCUT2D eigenvalue weighted by Gasteiger charge is 2.57. The average molecular weight is 522 g/mol. The first kappa shape index (κ1) is 24.2. The summed E-state index contributed by atoms with van der Waals surface area (Å²) in [5.41, 5.74) is 0.608. The first-order chi connectivity index (χ1) is 16.7. The Labute approximate surface area is 212 Å². The highest BCUT2D eigenvalue weighted by molar-refractivity contribution is 6.31. The molecule has 3 fully saturated rings. The summed E-state index contributed by atoms with van der Waals surface area (Å²) in [5, 5.41) is 10.0. The van der Waals surface area contributed by atoms with E-state index in [1.54, 1.807) is 12.1 Å². The highest BCUT2D eigenvalue weighted by Crippen LogP contribution is 2.52. The molecule has 10 heteroatoms. The van der Waals surface area contributed by atoms with Gasteiger partial charge in [-0.15, -0.1) is 0 Å². The molecule has 3 atom stereocenters. The molecule has 2 bridgehead atoms. The van der Waals surface area contributed by atoms with Gasteiger partial charge in [0.25, 0.3) is 11.8 Å². The van der Waals surface area contributed by atoms with Crippen molar-refractivity contribution >= 4 is 35.0 Å². The summed E-state index contributed by atoms with van der Waals surface area (Å²) in [6.45, 7) is -0.228. The topological polar surface area (TPSA) is 88.7 Å². The number of hydrogen-bond acceptors (Lipinski definition) is 5. The van der Waals surface area contributed by atoms with Gasteiger partial charge in [-0.1, -0.05) is 23.2 Å². The Morgan fingerprint density at radius 3 is 2.71 bits per heavy atom. The molecule has 4 aliphatic rings. The molecule has 0 spiro atoms. The molecule has 1 heterocycles. The van der Waals surface area contributed by atoms with Gasteiger partial charge in [-0.25, -0.2) is 4.39 Å². The van der Waals surface area contributed by atoms with Crippen LogP contribution >= 0.6 is 23.2 Å². The molecule has 35 heavy (non-hydrogen) atoms. The number of benzene rings is 2. The SMILES string of the molecule is CNC1CC(C(=O)NC23CC(C2)C(NC(=O)COc2ccc(Cl)c(F)c2)C3)Oc2ccc(Cl)cc21. The maximum atomic E-state index is 13.5. The minimum absolute atomic E-state index is 0.00594. The van der Waals surface area contributed by atoms with Crippen molar-refractivity contribution in [3.8, 4) is 11.5 Å². The minimum atomic E-state index is -0.614. The van der Waals surface area contributed by atoms with Crippen molar-refractivity contribution in [2.24, 2.45) is 5.92 Å². The average Bonchev–Trinajstić information content (AvgIpc) is 3.32. The number of fused-ring (bicyclic) bond motifs is 2. The van der Waals surface area contributed by atoms with E-state index in [9.17, 15) is 14.0 Å². The predicted octanol–water partition coefficient (Wildman–Crippen LogP) is 3.78. The lowest BCUT2D eigenvalue weighted by atomic mass is 9.76. The van der Waals surface area contributed by atoms with E-state index in [2.05, 4.69) is 16.0 Å². The summed E-state index contributed by atoms with van der Waals surface area (Å²) >= 11 is 11.8. The monoisotopic (exact) mass is 521 g/mol. The van der Waals surface area contributed by atoms with E-state index in [-0.39, 0.29) is 46.8 Å². The Balaban J connectivity index is 1.14. The van der Waals surface area contributed by atoms with Crippen molar-refractivity contribution in [2.45, 2.75) is 49.4 Å². The maximum Gasteiger partial charge on any atom is 0.261 e. The van der Waals surface area contributed by atoms with Crippen molar-refractivity contribution in [3.63, 3.8) is 0 Å². The Morgan fingerprint density at radius 1 is 1.17 bits per heavy atom. The van der Waals surface area contributed by atoms with Gasteiger partial charge in [0.2, 0.25) is 0 Å². The molecule has 3 unspecified atom stereocenters. The second-order valence-electron chi connectivity index (χ2n) is 9.55. The highest BCUT2D eigenvalue weighted by atomic mass is 35.5. The maximum absolute atomic E-state index is 13.5. The lowest BCUT2D eigenvalue weighted by Gasteiger charge is -2.41. The third kappa shape index (κ3) is 4.92. The van der Waals surface area contributed by atoms with E-state index in [4.69, 9.17) is 32.7 Å². The molecule has 3 aliphatic carbocycles. The second-order valence-corrected chi connectivity index (χ2v) is 10.4. The Kier molecular flexibility index (Phi) is 6.55. The van der Waals surface area contributed by atoms with Gasteiger partial charge in [0.05, 0.1) is 5.02 Å². The minimum Gasteiger partial charge on any atom is -0.484 e. The van der Waals surface area contributed by atoms with Crippen LogP contribution in [0.5, 0.6) is 11.5 Å². The van der Waals surface area contributed by atoms with Crippen LogP contribution in [0.15, 0.2) is 36.4 Å². The summed E-state index contributed by atoms with van der Waals surface area (Å²) < 4.78 is 24.9. The van der Waals surface area contributed by atoms with E-state index >= 15 is 0 Å². The summed E-state index contributed by atoms with van der Waals surface area (Å²) in [6.07, 6.45) is 2.15. The molecule has 0 saturated heterocycles. The van der Waals surface area contributed by atoms with Crippen LogP contribution in [0.25, 0.3) is 0 Å². The number of carbonyl (C=O) groups is 2. The fourth-order valence-corrected chi connectivity index (χ4v) is 5.78. The molecule has 0 aromatic heterocycles. The van der Waals surface area contributed by atoms with Crippen molar-refractivity contribution in [3.05, 3.63) is 57.8 Å². The van der Waals surface area contributed by atoms with Gasteiger partial charge in [0, 0.05) is 40.7 Å². The number of halogens is 3. The molecule has 3 N–H and O–H groups in total. The molecule has 6 rings (SSSR count). The summed E-state index contributed by atoms with van der Waals surface area (Å²) in [5.74, 6) is 0.145. The number of rotatable bonds is 7. The van der Waals surface area contributed by atoms with E-state index < -0.39 is 11.9 Å². The van der Waals surface area contributed by atoms with Crippen LogP contribution in [0, 0.1) is 11.7 Å². The smallest absolute Gasteiger partial charge is 0.261 e. The van der Waals surface area contributed by atoms with Crippen LogP contribution in [0.3, 0.4) is 0 Å². The second kappa shape index (κ2) is 9.48. The Bertz CT molecular complexity index is 1160. The van der Waals surface area contributed by atoms with Gasteiger partial charge < -0.3 is 25.4 Å². The number of hydrogen-bond donors (Lipinski definition) is 3. The molecule has 0 radical (unpaired) electrons. The number of amides is 2. The number of carbonyl (C=O) groups excluding carboxylic acids is 2. The summed E-state index contributed by atoms with van der Waals surface area (Å²) in [4.78, 5) is 25.5.